The van der Waals surface area contributed by atoms with Crippen LogP contribution in [0.15, 0.2) is 33.7 Å². The van der Waals surface area contributed by atoms with Crippen molar-refractivity contribution in [3.05, 3.63) is 34.4 Å². The van der Waals surface area contributed by atoms with Gasteiger partial charge < -0.3 is 4.90 Å². The largest absolute Gasteiger partial charge is 0.338 e. The van der Waals surface area contributed by atoms with Crippen LogP contribution in [0.4, 0.5) is 5.69 Å². The van der Waals surface area contributed by atoms with Crippen molar-refractivity contribution in [3.8, 4) is 0 Å². The summed E-state index contributed by atoms with van der Waals surface area (Å²) in [4.78, 5) is 3.65. The van der Waals surface area contributed by atoms with Crippen LogP contribution in [0.2, 0.25) is 0 Å². The molecule has 0 aliphatic carbocycles. The normalized spacial score (nSPS) is 14.6. The van der Waals surface area contributed by atoms with Gasteiger partial charge in [0.15, 0.2) is 0 Å². The molecule has 0 fully saturated rings. The first-order valence-electron chi connectivity index (χ1n) is 4.79. The molecule has 0 N–H and O–H groups in total. The van der Waals surface area contributed by atoms with Crippen LogP contribution in [0.25, 0.3) is 0 Å². The molecule has 1 aromatic rings. The summed E-state index contributed by atoms with van der Waals surface area (Å²) in [6.45, 7) is 6.47. The van der Waals surface area contributed by atoms with Gasteiger partial charge in [-0.05, 0) is 44.0 Å². The summed E-state index contributed by atoms with van der Waals surface area (Å²) in [6.07, 6.45) is 0. The Morgan fingerprint density at radius 2 is 2.00 bits per heavy atom. The maximum absolute atomic E-state index is 2.27. The Morgan fingerprint density at radius 3 is 2.64 bits per heavy atom. The fourth-order valence-electron chi connectivity index (χ4n) is 1.70. The quantitative estimate of drug-likeness (QED) is 0.634. The predicted octanol–water partition coefficient (Wildman–Crippen LogP) is 3.79. The molecule has 1 aromatic carbocycles. The number of aryl methyl sites for hydroxylation is 1. The SMILES string of the molecule is CC(C)=C1Sc2cc(C)ccc2N1C. The topological polar surface area (TPSA) is 3.24 Å². The molecule has 1 aliphatic heterocycles. The Kier molecular flexibility index (Phi) is 2.31. The third kappa shape index (κ3) is 1.44. The second-order valence-electron chi connectivity index (χ2n) is 3.94. The minimum Gasteiger partial charge on any atom is -0.338 e. The standard InChI is InChI=1S/C12H15NS/c1-8(2)12-13(4)10-6-5-9(3)7-11(10)14-12/h5-7H,1-4H3. The van der Waals surface area contributed by atoms with E-state index in [1.54, 1.807) is 0 Å². The van der Waals surface area contributed by atoms with Crippen molar-refractivity contribution < 1.29 is 0 Å². The molecule has 0 saturated heterocycles. The van der Waals surface area contributed by atoms with E-state index in [1.165, 1.54) is 26.7 Å². The lowest BCUT2D eigenvalue weighted by Crippen LogP contribution is -2.10. The molecule has 0 unspecified atom stereocenters. The van der Waals surface area contributed by atoms with Crippen LogP contribution in [-0.2, 0) is 0 Å². The summed E-state index contributed by atoms with van der Waals surface area (Å²) in [5, 5.41) is 1.37. The predicted molar refractivity (Wildman–Crippen MR) is 63.8 cm³/mol. The fourth-order valence-corrected chi connectivity index (χ4v) is 2.90. The zero-order chi connectivity index (χ0) is 10.3. The molecule has 1 nitrogen and oxygen atoms in total. The van der Waals surface area contributed by atoms with Crippen molar-refractivity contribution in [2.75, 3.05) is 11.9 Å². The Labute approximate surface area is 89.8 Å². The lowest BCUT2D eigenvalue weighted by atomic mass is 10.2. The number of hydrogen-bond acceptors (Lipinski definition) is 2. The summed E-state index contributed by atoms with van der Waals surface area (Å²) in [5.41, 5.74) is 4.04. The van der Waals surface area contributed by atoms with E-state index in [4.69, 9.17) is 0 Å². The Bertz CT molecular complexity index is 403. The van der Waals surface area contributed by atoms with Gasteiger partial charge in [0.1, 0.15) is 0 Å². The number of anilines is 1. The van der Waals surface area contributed by atoms with E-state index < -0.39 is 0 Å². The van der Waals surface area contributed by atoms with Crippen molar-refractivity contribution in [1.29, 1.82) is 0 Å². The molecular formula is C12H15NS. The summed E-state index contributed by atoms with van der Waals surface area (Å²) in [5.74, 6) is 0. The maximum Gasteiger partial charge on any atom is 0.0785 e. The molecule has 0 aromatic heterocycles. The highest BCUT2D eigenvalue weighted by Crippen LogP contribution is 2.46. The first-order valence-corrected chi connectivity index (χ1v) is 5.61. The van der Waals surface area contributed by atoms with E-state index in [0.29, 0.717) is 0 Å². The minimum atomic E-state index is 1.33. The van der Waals surface area contributed by atoms with Crippen molar-refractivity contribution >= 4 is 17.4 Å². The molecule has 0 radical (unpaired) electrons. The van der Waals surface area contributed by atoms with E-state index in [9.17, 15) is 0 Å². The van der Waals surface area contributed by atoms with E-state index in [1.807, 2.05) is 11.8 Å². The number of rotatable bonds is 0. The first kappa shape index (κ1) is 9.66. The van der Waals surface area contributed by atoms with Gasteiger partial charge in [-0.2, -0.15) is 0 Å². The van der Waals surface area contributed by atoms with Gasteiger partial charge in [0, 0.05) is 11.9 Å². The highest BCUT2D eigenvalue weighted by molar-refractivity contribution is 8.03. The summed E-state index contributed by atoms with van der Waals surface area (Å²) in [7, 11) is 2.14. The van der Waals surface area contributed by atoms with Gasteiger partial charge >= 0.3 is 0 Å². The first-order chi connectivity index (χ1) is 6.59. The zero-order valence-electron chi connectivity index (χ0n) is 9.09. The van der Waals surface area contributed by atoms with Gasteiger partial charge in [0.05, 0.1) is 10.7 Å². The molecule has 2 rings (SSSR count). The molecule has 2 heteroatoms. The van der Waals surface area contributed by atoms with Crippen molar-refractivity contribution in [2.45, 2.75) is 25.7 Å². The average Bonchev–Trinajstić information content (AvgIpc) is 2.43. The minimum absolute atomic E-state index is 1.33. The molecule has 14 heavy (non-hydrogen) atoms. The molecule has 1 aliphatic rings. The number of nitrogens with zero attached hydrogens (tertiary/aromatic N) is 1. The molecule has 0 bridgehead atoms. The van der Waals surface area contributed by atoms with Gasteiger partial charge in [0.25, 0.3) is 0 Å². The average molecular weight is 205 g/mol. The van der Waals surface area contributed by atoms with Crippen LogP contribution >= 0.6 is 11.8 Å². The lowest BCUT2D eigenvalue weighted by molar-refractivity contribution is 1.13. The van der Waals surface area contributed by atoms with Crippen LogP contribution in [0, 0.1) is 6.92 Å². The molecule has 0 atom stereocenters. The van der Waals surface area contributed by atoms with Crippen molar-refractivity contribution in [2.24, 2.45) is 0 Å². The molecule has 1 heterocycles. The third-order valence-corrected chi connectivity index (χ3v) is 3.84. The van der Waals surface area contributed by atoms with E-state index in [0.717, 1.165) is 0 Å². The smallest absolute Gasteiger partial charge is 0.0785 e. The monoisotopic (exact) mass is 205 g/mol. The second-order valence-corrected chi connectivity index (χ2v) is 4.97. The Morgan fingerprint density at radius 1 is 1.29 bits per heavy atom. The molecule has 0 saturated carbocycles. The van der Waals surface area contributed by atoms with E-state index >= 15 is 0 Å². The fraction of sp³-hybridized carbons (Fsp3) is 0.333. The lowest BCUT2D eigenvalue weighted by Gasteiger charge is -2.14. The molecular weight excluding hydrogens is 190 g/mol. The second kappa shape index (κ2) is 3.35. The summed E-state index contributed by atoms with van der Waals surface area (Å²) < 4.78 is 0. The van der Waals surface area contributed by atoms with Crippen molar-refractivity contribution in [1.82, 2.24) is 0 Å². The number of hydrogen-bond donors (Lipinski definition) is 0. The van der Waals surface area contributed by atoms with Gasteiger partial charge in [0.2, 0.25) is 0 Å². The molecule has 0 spiro atoms. The Balaban J connectivity index is 2.51. The number of thioether (sulfide) groups is 1. The van der Waals surface area contributed by atoms with Gasteiger partial charge in [-0.25, -0.2) is 0 Å². The number of allylic oxidation sites excluding steroid dienone is 1. The van der Waals surface area contributed by atoms with Gasteiger partial charge in [-0.15, -0.1) is 0 Å². The van der Waals surface area contributed by atoms with Gasteiger partial charge in [-0.3, -0.25) is 0 Å². The summed E-state index contributed by atoms with van der Waals surface area (Å²) >= 11 is 1.87. The van der Waals surface area contributed by atoms with Crippen LogP contribution < -0.4 is 4.90 Å². The van der Waals surface area contributed by atoms with E-state index in [-0.39, 0.29) is 0 Å². The number of benzene rings is 1. The molecule has 0 amide bonds. The Hall–Kier alpha value is -0.890. The van der Waals surface area contributed by atoms with Gasteiger partial charge in [-0.1, -0.05) is 17.8 Å². The highest BCUT2D eigenvalue weighted by Gasteiger charge is 2.22. The summed E-state index contributed by atoms with van der Waals surface area (Å²) in [6, 6.07) is 6.63. The zero-order valence-corrected chi connectivity index (χ0v) is 9.90. The third-order valence-electron chi connectivity index (χ3n) is 2.42. The van der Waals surface area contributed by atoms with Crippen LogP contribution in [0.5, 0.6) is 0 Å². The molecule has 74 valence electrons. The van der Waals surface area contributed by atoms with Crippen LogP contribution in [0.3, 0.4) is 0 Å². The van der Waals surface area contributed by atoms with Crippen LogP contribution in [0.1, 0.15) is 19.4 Å². The van der Waals surface area contributed by atoms with Crippen LogP contribution in [-0.4, -0.2) is 7.05 Å². The van der Waals surface area contributed by atoms with Crippen molar-refractivity contribution in [3.63, 3.8) is 0 Å². The van der Waals surface area contributed by atoms with E-state index in [2.05, 4.69) is 50.9 Å². The maximum atomic E-state index is 2.27. The number of fused-ring (bicyclic) bond motifs is 1. The highest BCUT2D eigenvalue weighted by atomic mass is 32.2.